The lowest BCUT2D eigenvalue weighted by atomic mass is 9.38. The van der Waals surface area contributed by atoms with Crippen molar-refractivity contribution >= 4 is 75.4 Å². The molecule has 2 aromatic heterocycles. The lowest BCUT2D eigenvalue weighted by Gasteiger charge is -2.67. The zero-order chi connectivity index (χ0) is 49.3. The van der Waals surface area contributed by atoms with Gasteiger partial charge in [-0.1, -0.05) is 38.1 Å². The standard InChI is InChI=1S/C50H55B4N7O8S/c1-29(2)38-6-3-4-7-39(38)41-8-5-17-59(41)34-23-48(24-34)27-49(51,52)60(50(53,54)28-48)33-11-14-40(43(20-33)69-36-19-31-15-16-55-46(31)56-25-36)47(63)58-70(66,67)37-21-42(61(64)65)45-44(22-37)68-26-32(57-45)18-30-9-12-35(62)13-10-30/h3-4,6-7,11,14-16,19-22,25,29-30,32,34-35,41,57,62H,5,8-10,12-13,17-18,23-24,26-28H2,1-2H3,(H,55,56)(H,58,63)/t30?,32-,35?,41+/m1/s1. The molecule has 0 unspecified atom stereocenters. The predicted octanol–water partition coefficient (Wildman–Crippen LogP) is 7.19. The first-order chi connectivity index (χ1) is 33.3. The van der Waals surface area contributed by atoms with Crippen LogP contribution in [0.3, 0.4) is 0 Å². The molecule has 2 saturated heterocycles. The van der Waals surface area contributed by atoms with E-state index in [0.717, 1.165) is 57.2 Å². The number of hydrogen-bond acceptors (Lipinski definition) is 12. The second kappa shape index (κ2) is 18.3. The number of rotatable bonds is 12. The van der Waals surface area contributed by atoms with Crippen LogP contribution in [0.1, 0.15) is 118 Å². The SMILES string of the molecule is [B]C1([B])CC2(CC(N3CCC[C@H]3c3ccccc3C(C)C)C2)CC([B])([B])N1c1ccc(C(=O)NS(=O)(=O)c2cc3c(c([N+](=O)[O-])c2)N[C@H](CC2CCC(O)CC2)CO3)c(Oc2cnc3[nH]ccc3c2)c1. The highest BCUT2D eigenvalue weighted by molar-refractivity contribution is 7.90. The second-order valence-electron chi connectivity index (χ2n) is 20.9. The average Bonchev–Trinajstić information content (AvgIpc) is 3.98. The van der Waals surface area contributed by atoms with Crippen molar-refractivity contribution in [1.82, 2.24) is 19.6 Å². The number of carbonyl (C=O) groups excluding carboxylic acids is 1. The second-order valence-corrected chi connectivity index (χ2v) is 22.5. The monoisotopic (exact) mass is 957 g/mol. The lowest BCUT2D eigenvalue weighted by Crippen LogP contribution is -2.72. The highest BCUT2D eigenvalue weighted by Crippen LogP contribution is 2.59. The number of aliphatic hydroxyl groups excluding tert-OH is 1. The highest BCUT2D eigenvalue weighted by atomic mass is 32.2. The molecule has 15 nitrogen and oxygen atoms in total. The summed E-state index contributed by atoms with van der Waals surface area (Å²) in [5.41, 5.74) is 2.66. The van der Waals surface area contributed by atoms with Crippen molar-refractivity contribution < 1.29 is 32.7 Å². The quantitative estimate of drug-likeness (QED) is 0.0560. The number of nitro benzene ring substituents is 1. The summed E-state index contributed by atoms with van der Waals surface area (Å²) in [4.78, 5) is 37.0. The van der Waals surface area contributed by atoms with Crippen LogP contribution in [0.15, 0.2) is 84.0 Å². The van der Waals surface area contributed by atoms with Gasteiger partial charge in [-0.2, -0.15) is 0 Å². The number of nitrogens with zero attached hydrogens (tertiary/aromatic N) is 4. The normalized spacial score (nSPS) is 24.1. The van der Waals surface area contributed by atoms with Gasteiger partial charge in [0.05, 0.1) is 65.1 Å². The van der Waals surface area contributed by atoms with E-state index in [0.29, 0.717) is 72.7 Å². The third kappa shape index (κ3) is 9.31. The maximum Gasteiger partial charge on any atom is 0.297 e. The minimum absolute atomic E-state index is 0.0362. The van der Waals surface area contributed by atoms with Crippen LogP contribution in [0.2, 0.25) is 0 Å². The van der Waals surface area contributed by atoms with Crippen molar-refractivity contribution in [2.75, 3.05) is 23.4 Å². The van der Waals surface area contributed by atoms with Crippen molar-refractivity contribution in [3.05, 3.63) is 106 Å². The van der Waals surface area contributed by atoms with E-state index in [9.17, 15) is 28.4 Å². The van der Waals surface area contributed by atoms with Gasteiger partial charge < -0.3 is 29.8 Å². The Hall–Kier alpha value is -5.45. The van der Waals surface area contributed by atoms with Gasteiger partial charge in [0, 0.05) is 47.6 Å². The van der Waals surface area contributed by atoms with Gasteiger partial charge in [0.25, 0.3) is 21.6 Å². The average molecular weight is 957 g/mol. The molecule has 0 bridgehead atoms. The van der Waals surface area contributed by atoms with Gasteiger partial charge in [0.2, 0.25) is 0 Å². The largest absolute Gasteiger partial charge is 0.489 e. The molecule has 20 heteroatoms. The zero-order valence-electron chi connectivity index (χ0n) is 39.5. The number of nitrogens with one attached hydrogen (secondary N) is 3. The fourth-order valence-corrected chi connectivity index (χ4v) is 13.4. The van der Waals surface area contributed by atoms with E-state index in [4.69, 9.17) is 40.9 Å². The minimum atomic E-state index is -4.76. The summed E-state index contributed by atoms with van der Waals surface area (Å²) in [6.07, 6.45) is 11.2. The maximum atomic E-state index is 14.3. The first-order valence-electron chi connectivity index (χ1n) is 24.3. The molecule has 5 aromatic rings. The number of likely N-dealkylation sites (tertiary alicyclic amines) is 1. The number of hydrogen-bond donors (Lipinski definition) is 4. The van der Waals surface area contributed by atoms with Gasteiger partial charge in [-0.25, -0.2) is 18.1 Å². The number of sulfonamides is 1. The molecule has 70 heavy (non-hydrogen) atoms. The van der Waals surface area contributed by atoms with Gasteiger partial charge in [-0.05, 0) is 140 Å². The van der Waals surface area contributed by atoms with Crippen LogP contribution >= 0.6 is 0 Å². The van der Waals surface area contributed by atoms with E-state index in [-0.39, 0.29) is 52.7 Å². The summed E-state index contributed by atoms with van der Waals surface area (Å²) in [7, 11) is 23.5. The number of aromatic amines is 1. The minimum Gasteiger partial charge on any atom is -0.489 e. The number of fused-ring (bicyclic) bond motifs is 2. The van der Waals surface area contributed by atoms with Gasteiger partial charge >= 0.3 is 0 Å². The molecule has 8 radical (unpaired) electrons. The Morgan fingerprint density at radius 2 is 1.76 bits per heavy atom. The van der Waals surface area contributed by atoms with Crippen LogP contribution in [0, 0.1) is 21.4 Å². The maximum absolute atomic E-state index is 14.3. The van der Waals surface area contributed by atoms with Crippen LogP contribution in [0.5, 0.6) is 17.2 Å². The molecule has 3 aliphatic heterocycles. The number of anilines is 2. The molecule has 5 heterocycles. The van der Waals surface area contributed by atoms with Crippen LogP contribution in [-0.4, -0.2) is 113 Å². The van der Waals surface area contributed by atoms with Crippen molar-refractivity contribution in [2.45, 2.75) is 130 Å². The highest BCUT2D eigenvalue weighted by Gasteiger charge is 2.57. The number of nitro groups is 1. The van der Waals surface area contributed by atoms with Crippen molar-refractivity contribution in [2.24, 2.45) is 11.3 Å². The molecule has 5 aliphatic rings. The molecule has 1 spiro atoms. The van der Waals surface area contributed by atoms with E-state index in [2.05, 4.69) is 63.0 Å². The predicted molar refractivity (Wildman–Crippen MR) is 271 cm³/mol. The van der Waals surface area contributed by atoms with Crippen LogP contribution in [0.4, 0.5) is 17.1 Å². The van der Waals surface area contributed by atoms with Crippen molar-refractivity contribution in [1.29, 1.82) is 0 Å². The smallest absolute Gasteiger partial charge is 0.297 e. The fourth-order valence-electron chi connectivity index (χ4n) is 12.4. The molecule has 1 amide bonds. The van der Waals surface area contributed by atoms with Gasteiger partial charge in [0.1, 0.15) is 23.8 Å². The van der Waals surface area contributed by atoms with E-state index < -0.39 is 42.1 Å². The molecule has 2 aliphatic carbocycles. The molecular formula is C50H55B4N7O8S. The molecule has 2 saturated carbocycles. The Labute approximate surface area is 414 Å². The van der Waals surface area contributed by atoms with Crippen molar-refractivity contribution in [3.63, 3.8) is 0 Å². The third-order valence-electron chi connectivity index (χ3n) is 15.3. The zero-order valence-corrected chi connectivity index (χ0v) is 40.3. The van der Waals surface area contributed by atoms with Gasteiger partial charge in [-0.15, -0.1) is 0 Å². The summed E-state index contributed by atoms with van der Waals surface area (Å²) in [5.74, 6) is -0.291. The van der Waals surface area contributed by atoms with Crippen molar-refractivity contribution in [3.8, 4) is 17.2 Å². The summed E-state index contributed by atoms with van der Waals surface area (Å²) in [5, 5.41) is 23.1. The number of ether oxygens (including phenoxy) is 2. The Morgan fingerprint density at radius 3 is 2.49 bits per heavy atom. The summed E-state index contributed by atoms with van der Waals surface area (Å²) >= 11 is 0. The number of pyridine rings is 1. The Bertz CT molecular complexity index is 2920. The van der Waals surface area contributed by atoms with E-state index in [1.165, 1.54) is 35.5 Å². The summed E-state index contributed by atoms with van der Waals surface area (Å²) < 4.78 is 42.5. The van der Waals surface area contributed by atoms with E-state index >= 15 is 0 Å². The molecule has 10 rings (SSSR count). The number of H-pyrrole nitrogens is 1. The Balaban J connectivity index is 0.904. The topological polar surface area (TPSA) is 192 Å². The fraction of sp³-hybridized carbons (Fsp3) is 0.480. The molecule has 356 valence electrons. The first-order valence-corrected chi connectivity index (χ1v) is 25.8. The summed E-state index contributed by atoms with van der Waals surface area (Å²) in [6, 6.07) is 19.0. The van der Waals surface area contributed by atoms with Crippen LogP contribution in [0.25, 0.3) is 11.0 Å². The third-order valence-corrected chi connectivity index (χ3v) is 16.6. The number of piperidine rings is 1. The Kier molecular flexibility index (Phi) is 12.6. The number of benzene rings is 3. The van der Waals surface area contributed by atoms with E-state index in [1.807, 2.05) is 0 Å². The van der Waals surface area contributed by atoms with Gasteiger partial charge in [0.15, 0.2) is 11.4 Å². The first kappa shape index (κ1) is 48.2. The van der Waals surface area contributed by atoms with Gasteiger partial charge in [-0.3, -0.25) is 19.8 Å². The molecule has 2 atom stereocenters. The number of carbonyl (C=O) groups is 1. The van der Waals surface area contributed by atoms with E-state index in [1.54, 1.807) is 23.2 Å². The lowest BCUT2D eigenvalue weighted by molar-refractivity contribution is -0.384. The van der Waals surface area contributed by atoms with Crippen LogP contribution < -0.4 is 24.4 Å². The number of aromatic nitrogens is 2. The summed E-state index contributed by atoms with van der Waals surface area (Å²) in [6.45, 7) is 5.61. The van der Waals surface area contributed by atoms with Crippen LogP contribution in [-0.2, 0) is 10.0 Å². The molecule has 4 fully saturated rings. The number of amides is 1. The Morgan fingerprint density at radius 1 is 1.01 bits per heavy atom. The molecular weight excluding hydrogens is 902 g/mol. The molecule has 4 N–H and O–H groups in total. The number of aliphatic hydroxyl groups is 1. The molecule has 3 aromatic carbocycles.